The maximum absolute atomic E-state index is 4.51. The number of nitrogens with one attached hydrogen (secondary N) is 1. The number of benzene rings is 1. The first-order valence-corrected chi connectivity index (χ1v) is 7.12. The molecule has 1 N–H and O–H groups in total. The van der Waals surface area contributed by atoms with E-state index in [1.807, 2.05) is 12.1 Å². The number of thiazole rings is 1. The molecule has 0 saturated heterocycles. The van der Waals surface area contributed by atoms with Gasteiger partial charge < -0.3 is 5.32 Å². The molecule has 0 unspecified atom stereocenters. The molecule has 4 heteroatoms. The van der Waals surface area contributed by atoms with Gasteiger partial charge in [-0.3, -0.25) is 0 Å². The minimum atomic E-state index is 0.556. The van der Waals surface area contributed by atoms with Gasteiger partial charge in [-0.05, 0) is 35.7 Å². The molecule has 1 aromatic carbocycles. The highest BCUT2D eigenvalue weighted by atomic mass is 32.1. The molecule has 96 valence electrons. The Labute approximate surface area is 116 Å². The van der Waals surface area contributed by atoms with Crippen LogP contribution in [0.2, 0.25) is 0 Å². The van der Waals surface area contributed by atoms with E-state index in [0.29, 0.717) is 5.92 Å². The van der Waals surface area contributed by atoms with Crippen LogP contribution in [0.3, 0.4) is 0 Å². The number of rotatable bonds is 3. The fourth-order valence-electron chi connectivity index (χ4n) is 1.90. The molecule has 0 aliphatic heterocycles. The van der Waals surface area contributed by atoms with E-state index < -0.39 is 0 Å². The molecule has 3 rings (SSSR count). The summed E-state index contributed by atoms with van der Waals surface area (Å²) in [6, 6.07) is 12.4. The van der Waals surface area contributed by atoms with Crippen molar-refractivity contribution in [2.24, 2.45) is 0 Å². The summed E-state index contributed by atoms with van der Waals surface area (Å²) in [4.78, 5) is 9.77. The maximum Gasteiger partial charge on any atom is 0.189 e. The van der Waals surface area contributed by atoms with Gasteiger partial charge in [-0.25, -0.2) is 9.97 Å². The molecule has 2 heterocycles. The van der Waals surface area contributed by atoms with Crippen molar-refractivity contribution in [3.05, 3.63) is 48.2 Å². The Morgan fingerprint density at radius 3 is 2.58 bits per heavy atom. The van der Waals surface area contributed by atoms with Crippen molar-refractivity contribution in [3.8, 4) is 0 Å². The maximum atomic E-state index is 4.51. The topological polar surface area (TPSA) is 37.8 Å². The standard InChI is InChI=1S/C15H15N3S/c1-10(2)11-5-7-12(8-6-11)17-15-18-13-4-3-9-16-14(13)19-15/h3-10H,1-2H3,(H,17,18). The second kappa shape index (κ2) is 4.97. The van der Waals surface area contributed by atoms with Crippen molar-refractivity contribution in [1.82, 2.24) is 9.97 Å². The Morgan fingerprint density at radius 1 is 1.11 bits per heavy atom. The lowest BCUT2D eigenvalue weighted by atomic mass is 10.0. The summed E-state index contributed by atoms with van der Waals surface area (Å²) >= 11 is 1.57. The molecular weight excluding hydrogens is 254 g/mol. The van der Waals surface area contributed by atoms with Gasteiger partial charge in [-0.2, -0.15) is 0 Å². The number of fused-ring (bicyclic) bond motifs is 1. The van der Waals surface area contributed by atoms with E-state index in [1.165, 1.54) is 5.56 Å². The van der Waals surface area contributed by atoms with Crippen LogP contribution in [0.25, 0.3) is 10.3 Å². The number of aromatic nitrogens is 2. The van der Waals surface area contributed by atoms with E-state index in [-0.39, 0.29) is 0 Å². The lowest BCUT2D eigenvalue weighted by Gasteiger charge is -2.07. The summed E-state index contributed by atoms with van der Waals surface area (Å²) in [5, 5.41) is 4.21. The summed E-state index contributed by atoms with van der Waals surface area (Å²) in [6.07, 6.45) is 1.79. The molecule has 0 fully saturated rings. The fourth-order valence-corrected chi connectivity index (χ4v) is 2.73. The van der Waals surface area contributed by atoms with Crippen molar-refractivity contribution >= 4 is 32.5 Å². The summed E-state index contributed by atoms with van der Waals surface area (Å²) in [5.74, 6) is 0.556. The summed E-state index contributed by atoms with van der Waals surface area (Å²) in [6.45, 7) is 4.39. The molecule has 0 aliphatic rings. The first-order valence-electron chi connectivity index (χ1n) is 6.31. The zero-order valence-electron chi connectivity index (χ0n) is 10.9. The minimum absolute atomic E-state index is 0.556. The number of hydrogen-bond donors (Lipinski definition) is 1. The summed E-state index contributed by atoms with van der Waals surface area (Å²) in [5.41, 5.74) is 3.34. The largest absolute Gasteiger partial charge is 0.331 e. The molecule has 0 radical (unpaired) electrons. The van der Waals surface area contributed by atoms with Crippen LogP contribution >= 0.6 is 11.3 Å². The average molecular weight is 269 g/mol. The van der Waals surface area contributed by atoms with Crippen LogP contribution in [-0.4, -0.2) is 9.97 Å². The van der Waals surface area contributed by atoms with Gasteiger partial charge in [-0.1, -0.05) is 37.3 Å². The van der Waals surface area contributed by atoms with Gasteiger partial charge >= 0.3 is 0 Å². The van der Waals surface area contributed by atoms with Crippen molar-refractivity contribution in [2.45, 2.75) is 19.8 Å². The molecule has 3 aromatic rings. The first kappa shape index (κ1) is 12.1. The molecule has 19 heavy (non-hydrogen) atoms. The van der Waals surface area contributed by atoms with E-state index in [4.69, 9.17) is 0 Å². The number of anilines is 2. The van der Waals surface area contributed by atoms with Gasteiger partial charge in [0.1, 0.15) is 10.3 Å². The monoisotopic (exact) mass is 269 g/mol. The molecule has 0 bridgehead atoms. The van der Waals surface area contributed by atoms with Crippen molar-refractivity contribution in [2.75, 3.05) is 5.32 Å². The summed E-state index contributed by atoms with van der Waals surface area (Å²) < 4.78 is 0. The van der Waals surface area contributed by atoms with Crippen molar-refractivity contribution in [1.29, 1.82) is 0 Å². The van der Waals surface area contributed by atoms with Gasteiger partial charge in [0, 0.05) is 11.9 Å². The van der Waals surface area contributed by atoms with Crippen LogP contribution in [0.15, 0.2) is 42.6 Å². The highest BCUT2D eigenvalue weighted by molar-refractivity contribution is 7.21. The number of pyridine rings is 1. The predicted molar refractivity (Wildman–Crippen MR) is 81.2 cm³/mol. The van der Waals surface area contributed by atoms with E-state index in [1.54, 1.807) is 17.5 Å². The quantitative estimate of drug-likeness (QED) is 0.757. The van der Waals surface area contributed by atoms with Crippen LogP contribution in [0.5, 0.6) is 0 Å². The van der Waals surface area contributed by atoms with Crippen LogP contribution < -0.4 is 5.32 Å². The third-order valence-corrected chi connectivity index (χ3v) is 3.89. The van der Waals surface area contributed by atoms with Crippen LogP contribution in [-0.2, 0) is 0 Å². The zero-order valence-corrected chi connectivity index (χ0v) is 11.7. The fraction of sp³-hybridized carbons (Fsp3) is 0.200. The predicted octanol–water partition coefficient (Wildman–Crippen LogP) is 4.56. The van der Waals surface area contributed by atoms with Crippen LogP contribution in [0.1, 0.15) is 25.3 Å². The first-order chi connectivity index (χ1) is 9.22. The number of nitrogens with zero attached hydrogens (tertiary/aromatic N) is 2. The lowest BCUT2D eigenvalue weighted by molar-refractivity contribution is 0.867. The highest BCUT2D eigenvalue weighted by Gasteiger charge is 2.04. The van der Waals surface area contributed by atoms with Gasteiger partial charge in [0.05, 0.1) is 0 Å². The zero-order chi connectivity index (χ0) is 13.2. The molecule has 0 saturated carbocycles. The molecule has 2 aromatic heterocycles. The Kier molecular flexibility index (Phi) is 3.17. The highest BCUT2D eigenvalue weighted by Crippen LogP contribution is 2.27. The van der Waals surface area contributed by atoms with Gasteiger partial charge in [-0.15, -0.1) is 0 Å². The third kappa shape index (κ3) is 2.58. The van der Waals surface area contributed by atoms with Crippen LogP contribution in [0, 0.1) is 0 Å². The third-order valence-electron chi connectivity index (χ3n) is 3.00. The molecule has 3 nitrogen and oxygen atoms in total. The molecule has 0 amide bonds. The average Bonchev–Trinajstić information content (AvgIpc) is 2.81. The molecular formula is C15H15N3S. The van der Waals surface area contributed by atoms with Crippen LogP contribution in [0.4, 0.5) is 10.8 Å². The lowest BCUT2D eigenvalue weighted by Crippen LogP contribution is -1.91. The Morgan fingerprint density at radius 2 is 1.89 bits per heavy atom. The number of hydrogen-bond acceptors (Lipinski definition) is 4. The molecule has 0 spiro atoms. The van der Waals surface area contributed by atoms with Crippen molar-refractivity contribution in [3.63, 3.8) is 0 Å². The van der Waals surface area contributed by atoms with Crippen molar-refractivity contribution < 1.29 is 0 Å². The van der Waals surface area contributed by atoms with Gasteiger partial charge in [0.15, 0.2) is 5.13 Å². The minimum Gasteiger partial charge on any atom is -0.331 e. The van der Waals surface area contributed by atoms with Gasteiger partial charge in [0.25, 0.3) is 0 Å². The normalized spacial score (nSPS) is 11.1. The molecule has 0 atom stereocenters. The second-order valence-corrected chi connectivity index (χ2v) is 5.73. The van der Waals surface area contributed by atoms with E-state index in [2.05, 4.69) is 53.4 Å². The Hall–Kier alpha value is -1.94. The van der Waals surface area contributed by atoms with E-state index >= 15 is 0 Å². The smallest absolute Gasteiger partial charge is 0.189 e. The Balaban J connectivity index is 1.84. The van der Waals surface area contributed by atoms with Gasteiger partial charge in [0.2, 0.25) is 0 Å². The SMILES string of the molecule is CC(C)c1ccc(Nc2nc3cccnc3s2)cc1. The molecule has 0 aliphatic carbocycles. The summed E-state index contributed by atoms with van der Waals surface area (Å²) in [7, 11) is 0. The Bertz CT molecular complexity index is 653. The second-order valence-electron chi connectivity index (χ2n) is 4.75. The van der Waals surface area contributed by atoms with E-state index in [0.717, 1.165) is 21.2 Å². The van der Waals surface area contributed by atoms with E-state index in [9.17, 15) is 0 Å².